The number of anilines is 1. The van der Waals surface area contributed by atoms with Gasteiger partial charge in [-0.25, -0.2) is 0 Å². The predicted octanol–water partition coefficient (Wildman–Crippen LogP) is 2.47. The number of fused-ring (bicyclic) bond motifs is 1. The average Bonchev–Trinajstić information content (AvgIpc) is 2.85. The van der Waals surface area contributed by atoms with E-state index in [9.17, 15) is 4.79 Å². The normalized spacial score (nSPS) is 18.4. The van der Waals surface area contributed by atoms with Gasteiger partial charge in [-0.1, -0.05) is 0 Å². The van der Waals surface area contributed by atoms with Crippen LogP contribution in [0.25, 0.3) is 10.9 Å². The van der Waals surface area contributed by atoms with Gasteiger partial charge in [-0.15, -0.1) is 0 Å². The van der Waals surface area contributed by atoms with Crippen molar-refractivity contribution in [3.63, 3.8) is 0 Å². The molecule has 1 saturated carbocycles. The molecule has 0 atom stereocenters. The molecular formula is C13H14N4O. The number of nitrogens with one attached hydrogen (secondary N) is 2. The first-order chi connectivity index (χ1) is 8.83. The number of carbonyl (C=O) groups excluding carboxylic acids is 1. The third-order valence-electron chi connectivity index (χ3n) is 3.15. The molecule has 5 heteroatoms. The van der Waals surface area contributed by atoms with Crippen molar-refractivity contribution in [2.24, 2.45) is 5.10 Å². The average molecular weight is 242 g/mol. The predicted molar refractivity (Wildman–Crippen MR) is 70.6 cm³/mol. The van der Waals surface area contributed by atoms with Gasteiger partial charge in [-0.2, -0.15) is 10.2 Å². The first-order valence-corrected chi connectivity index (χ1v) is 6.12. The molecule has 2 aromatic rings. The molecule has 0 unspecified atom stereocenters. The molecular weight excluding hydrogens is 228 g/mol. The minimum Gasteiger partial charge on any atom is -0.293 e. The van der Waals surface area contributed by atoms with Gasteiger partial charge in [0.1, 0.15) is 5.71 Å². The van der Waals surface area contributed by atoms with Crippen LogP contribution in [0.4, 0.5) is 5.69 Å². The number of hydrogen-bond donors (Lipinski definition) is 2. The molecule has 0 bridgehead atoms. The summed E-state index contributed by atoms with van der Waals surface area (Å²) >= 11 is 0. The van der Waals surface area contributed by atoms with Gasteiger partial charge in [0, 0.05) is 11.8 Å². The highest BCUT2D eigenvalue weighted by molar-refractivity contribution is 6.40. The molecule has 2 N–H and O–H groups in total. The first-order valence-electron chi connectivity index (χ1n) is 6.12. The standard InChI is InChI=1S/C13H14N4O/c18-13-4-2-1-3-11(13)17-15-10-6-5-9-8-14-16-12(9)7-10/h5-8,15H,1-4H2,(H,14,16)/b17-11+. The van der Waals surface area contributed by atoms with Crippen LogP contribution in [0.1, 0.15) is 25.7 Å². The molecule has 0 amide bonds. The molecule has 0 radical (unpaired) electrons. The number of nitrogens with zero attached hydrogens (tertiary/aromatic N) is 2. The Kier molecular flexibility index (Phi) is 2.80. The van der Waals surface area contributed by atoms with E-state index < -0.39 is 0 Å². The first kappa shape index (κ1) is 11.0. The number of Topliss-reactive ketones (excluding diaryl/α,β-unsaturated/α-hetero) is 1. The molecule has 18 heavy (non-hydrogen) atoms. The Balaban J connectivity index is 1.79. The fraction of sp³-hybridized carbons (Fsp3) is 0.308. The van der Waals surface area contributed by atoms with Gasteiger partial charge in [0.15, 0.2) is 5.78 Å². The van der Waals surface area contributed by atoms with Crippen LogP contribution in [-0.4, -0.2) is 21.7 Å². The summed E-state index contributed by atoms with van der Waals surface area (Å²) in [6.07, 6.45) is 5.21. The number of ketones is 1. The largest absolute Gasteiger partial charge is 0.293 e. The summed E-state index contributed by atoms with van der Waals surface area (Å²) in [5.74, 6) is 0.163. The molecule has 1 aromatic carbocycles. The van der Waals surface area contributed by atoms with Gasteiger partial charge < -0.3 is 0 Å². The van der Waals surface area contributed by atoms with E-state index in [2.05, 4.69) is 20.7 Å². The highest BCUT2D eigenvalue weighted by atomic mass is 16.1. The molecule has 0 saturated heterocycles. The summed E-state index contributed by atoms with van der Waals surface area (Å²) in [4.78, 5) is 11.6. The summed E-state index contributed by atoms with van der Waals surface area (Å²) < 4.78 is 0. The van der Waals surface area contributed by atoms with E-state index in [0.717, 1.165) is 35.9 Å². The second-order valence-electron chi connectivity index (χ2n) is 4.47. The Morgan fingerprint density at radius 2 is 2.17 bits per heavy atom. The smallest absolute Gasteiger partial charge is 0.178 e. The molecule has 1 fully saturated rings. The van der Waals surface area contributed by atoms with Crippen molar-refractivity contribution in [2.45, 2.75) is 25.7 Å². The number of aromatic nitrogens is 2. The third-order valence-corrected chi connectivity index (χ3v) is 3.15. The van der Waals surface area contributed by atoms with Gasteiger partial charge in [-0.05, 0) is 37.5 Å². The Morgan fingerprint density at radius 1 is 1.28 bits per heavy atom. The summed E-state index contributed by atoms with van der Waals surface area (Å²) in [5, 5.41) is 12.1. The lowest BCUT2D eigenvalue weighted by molar-refractivity contribution is -0.113. The number of hydrogen-bond acceptors (Lipinski definition) is 4. The number of benzene rings is 1. The molecule has 5 nitrogen and oxygen atoms in total. The molecule has 92 valence electrons. The van der Waals surface area contributed by atoms with E-state index in [1.54, 1.807) is 6.20 Å². The number of H-pyrrole nitrogens is 1. The number of carbonyl (C=O) groups is 1. The van der Waals surface area contributed by atoms with E-state index in [1.165, 1.54) is 0 Å². The van der Waals surface area contributed by atoms with Crippen LogP contribution in [0.15, 0.2) is 29.5 Å². The van der Waals surface area contributed by atoms with Gasteiger partial charge >= 0.3 is 0 Å². The maximum Gasteiger partial charge on any atom is 0.178 e. The maximum atomic E-state index is 11.6. The minimum absolute atomic E-state index is 0.163. The van der Waals surface area contributed by atoms with Crippen LogP contribution in [-0.2, 0) is 4.79 Å². The second kappa shape index (κ2) is 4.60. The molecule has 3 rings (SSSR count). The SMILES string of the molecule is O=C1CCCC/C1=N\Nc1ccc2cn[nH]c2c1. The lowest BCUT2D eigenvalue weighted by Gasteiger charge is -2.11. The minimum atomic E-state index is 0.163. The van der Waals surface area contributed by atoms with Crippen LogP contribution in [0.2, 0.25) is 0 Å². The van der Waals surface area contributed by atoms with Crippen molar-refractivity contribution in [2.75, 3.05) is 5.43 Å². The van der Waals surface area contributed by atoms with Crippen molar-refractivity contribution in [1.82, 2.24) is 10.2 Å². The topological polar surface area (TPSA) is 70.1 Å². The third kappa shape index (κ3) is 2.11. The van der Waals surface area contributed by atoms with E-state index in [0.29, 0.717) is 12.1 Å². The second-order valence-corrected chi connectivity index (χ2v) is 4.47. The van der Waals surface area contributed by atoms with Crippen molar-refractivity contribution >= 4 is 28.1 Å². The van der Waals surface area contributed by atoms with Crippen molar-refractivity contribution < 1.29 is 4.79 Å². The molecule has 1 aromatic heterocycles. The quantitative estimate of drug-likeness (QED) is 0.795. The Hall–Kier alpha value is -2.17. The summed E-state index contributed by atoms with van der Waals surface area (Å²) in [6, 6.07) is 5.82. The Bertz CT molecular complexity index is 614. The van der Waals surface area contributed by atoms with E-state index in [1.807, 2.05) is 18.2 Å². The van der Waals surface area contributed by atoms with Gasteiger partial charge in [-0.3, -0.25) is 15.3 Å². The molecule has 1 aliphatic rings. The monoisotopic (exact) mass is 242 g/mol. The van der Waals surface area contributed by atoms with Crippen LogP contribution in [0.5, 0.6) is 0 Å². The van der Waals surface area contributed by atoms with Crippen LogP contribution >= 0.6 is 0 Å². The molecule has 0 spiro atoms. The van der Waals surface area contributed by atoms with Crippen molar-refractivity contribution in [3.05, 3.63) is 24.4 Å². The van der Waals surface area contributed by atoms with Crippen LogP contribution < -0.4 is 5.43 Å². The van der Waals surface area contributed by atoms with E-state index in [-0.39, 0.29) is 5.78 Å². The molecule has 1 aliphatic carbocycles. The van der Waals surface area contributed by atoms with E-state index in [4.69, 9.17) is 0 Å². The Labute approximate surface area is 104 Å². The summed E-state index contributed by atoms with van der Waals surface area (Å²) in [5.41, 5.74) is 5.42. The van der Waals surface area contributed by atoms with E-state index >= 15 is 0 Å². The fourth-order valence-electron chi connectivity index (χ4n) is 2.12. The highest BCUT2D eigenvalue weighted by Gasteiger charge is 2.16. The van der Waals surface area contributed by atoms with Crippen molar-refractivity contribution in [1.29, 1.82) is 0 Å². The fourth-order valence-corrected chi connectivity index (χ4v) is 2.12. The van der Waals surface area contributed by atoms with Crippen LogP contribution in [0, 0.1) is 0 Å². The van der Waals surface area contributed by atoms with Gasteiger partial charge in [0.2, 0.25) is 0 Å². The molecule has 0 aliphatic heterocycles. The Morgan fingerprint density at radius 3 is 3.06 bits per heavy atom. The zero-order chi connectivity index (χ0) is 12.4. The maximum absolute atomic E-state index is 11.6. The van der Waals surface area contributed by atoms with Crippen LogP contribution in [0.3, 0.4) is 0 Å². The van der Waals surface area contributed by atoms with Gasteiger partial charge in [0.05, 0.1) is 17.4 Å². The van der Waals surface area contributed by atoms with Crippen molar-refractivity contribution in [3.8, 4) is 0 Å². The lowest BCUT2D eigenvalue weighted by Crippen LogP contribution is -2.19. The zero-order valence-corrected chi connectivity index (χ0v) is 9.94. The number of rotatable bonds is 2. The van der Waals surface area contributed by atoms with Gasteiger partial charge in [0.25, 0.3) is 0 Å². The zero-order valence-electron chi connectivity index (χ0n) is 9.94. The lowest BCUT2D eigenvalue weighted by atomic mass is 9.97. The summed E-state index contributed by atoms with van der Waals surface area (Å²) in [6.45, 7) is 0. The summed E-state index contributed by atoms with van der Waals surface area (Å²) in [7, 11) is 0. The highest BCUT2D eigenvalue weighted by Crippen LogP contribution is 2.17. The number of aromatic amines is 1. The number of hydrazone groups is 1. The molecule has 1 heterocycles.